The van der Waals surface area contributed by atoms with E-state index in [9.17, 15) is 0 Å². The average Bonchev–Trinajstić information content (AvgIpc) is 1.99. The summed E-state index contributed by atoms with van der Waals surface area (Å²) in [5.41, 5.74) is 0. The first-order chi connectivity index (χ1) is 5.31. The molecule has 4 heteroatoms. The fourth-order valence-corrected chi connectivity index (χ4v) is 0.647. The minimum atomic E-state index is 0.0804. The molecule has 0 amide bonds. The minimum Gasteiger partial charge on any atom is -0.379 e. The standard InChI is InChI=1S/C7H17N3O/c1-3-4-5-11-6-7(2)9-10-8/h7H,3-6H2,1-2H3,(H2,8,9). The van der Waals surface area contributed by atoms with Crippen LogP contribution in [-0.4, -0.2) is 19.3 Å². The minimum absolute atomic E-state index is 0.0804. The molecule has 2 N–H and O–H groups in total. The second kappa shape index (κ2) is 7.47. The van der Waals surface area contributed by atoms with Gasteiger partial charge in [-0.1, -0.05) is 18.6 Å². The van der Waals surface area contributed by atoms with Crippen molar-refractivity contribution in [1.29, 1.82) is 0 Å². The summed E-state index contributed by atoms with van der Waals surface area (Å²) in [4.78, 5) is 0. The molecule has 0 radical (unpaired) electrons. The van der Waals surface area contributed by atoms with E-state index in [-0.39, 0.29) is 6.04 Å². The van der Waals surface area contributed by atoms with Gasteiger partial charge in [0.25, 0.3) is 0 Å². The van der Waals surface area contributed by atoms with Crippen LogP contribution in [0, 0.1) is 0 Å². The number of unbranched alkanes of at least 4 members (excludes halogenated alkanes) is 1. The van der Waals surface area contributed by atoms with Gasteiger partial charge < -0.3 is 10.6 Å². The molecule has 1 unspecified atom stereocenters. The van der Waals surface area contributed by atoms with Crippen molar-refractivity contribution in [2.24, 2.45) is 16.2 Å². The van der Waals surface area contributed by atoms with Crippen molar-refractivity contribution in [1.82, 2.24) is 0 Å². The Bertz CT molecular complexity index is 106. The van der Waals surface area contributed by atoms with E-state index in [1.54, 1.807) is 0 Å². The summed E-state index contributed by atoms with van der Waals surface area (Å²) in [5.74, 6) is 4.86. The van der Waals surface area contributed by atoms with Crippen LogP contribution in [0.2, 0.25) is 0 Å². The van der Waals surface area contributed by atoms with Gasteiger partial charge in [0.2, 0.25) is 0 Å². The van der Waals surface area contributed by atoms with Crippen molar-refractivity contribution in [2.75, 3.05) is 13.2 Å². The monoisotopic (exact) mass is 159 g/mol. The fraction of sp³-hybridized carbons (Fsp3) is 1.00. The largest absolute Gasteiger partial charge is 0.379 e. The van der Waals surface area contributed by atoms with Crippen LogP contribution in [0.15, 0.2) is 10.3 Å². The number of rotatable bonds is 6. The molecule has 1 atom stereocenters. The van der Waals surface area contributed by atoms with Crippen LogP contribution in [0.5, 0.6) is 0 Å². The second-order valence-corrected chi connectivity index (χ2v) is 2.51. The quantitative estimate of drug-likeness (QED) is 0.276. The van der Waals surface area contributed by atoms with Gasteiger partial charge in [0.15, 0.2) is 0 Å². The van der Waals surface area contributed by atoms with Crippen LogP contribution in [0.3, 0.4) is 0 Å². The molecule has 0 heterocycles. The van der Waals surface area contributed by atoms with Gasteiger partial charge in [-0.2, -0.15) is 5.11 Å². The van der Waals surface area contributed by atoms with Gasteiger partial charge >= 0.3 is 0 Å². The molecule has 0 aliphatic heterocycles. The zero-order valence-electron chi connectivity index (χ0n) is 7.29. The molecule has 0 spiro atoms. The van der Waals surface area contributed by atoms with Crippen LogP contribution in [0.25, 0.3) is 0 Å². The van der Waals surface area contributed by atoms with Crippen LogP contribution >= 0.6 is 0 Å². The van der Waals surface area contributed by atoms with Crippen molar-refractivity contribution in [2.45, 2.75) is 32.7 Å². The van der Waals surface area contributed by atoms with Gasteiger partial charge in [-0.25, -0.2) is 0 Å². The maximum Gasteiger partial charge on any atom is 0.0934 e. The van der Waals surface area contributed by atoms with Crippen molar-refractivity contribution in [3.63, 3.8) is 0 Å². The number of ether oxygens (including phenoxy) is 1. The summed E-state index contributed by atoms with van der Waals surface area (Å²) in [5, 5.41) is 6.88. The molecule has 11 heavy (non-hydrogen) atoms. The van der Waals surface area contributed by atoms with Gasteiger partial charge in [-0.3, -0.25) is 0 Å². The molecule has 0 aromatic carbocycles. The Morgan fingerprint density at radius 1 is 1.55 bits per heavy atom. The predicted octanol–water partition coefficient (Wildman–Crippen LogP) is 1.52. The first kappa shape index (κ1) is 10.4. The highest BCUT2D eigenvalue weighted by Gasteiger charge is 1.97. The summed E-state index contributed by atoms with van der Waals surface area (Å²) in [6.45, 7) is 5.47. The fourth-order valence-electron chi connectivity index (χ4n) is 0.647. The highest BCUT2D eigenvalue weighted by molar-refractivity contribution is 4.52. The molecule has 0 rings (SSSR count). The lowest BCUT2D eigenvalue weighted by molar-refractivity contribution is 0.120. The molecular formula is C7H17N3O. The van der Waals surface area contributed by atoms with Gasteiger partial charge in [0, 0.05) is 6.61 Å². The molecule has 4 nitrogen and oxygen atoms in total. The second-order valence-electron chi connectivity index (χ2n) is 2.51. The number of nitrogens with two attached hydrogens (primary N) is 1. The Kier molecular flexibility index (Phi) is 7.03. The zero-order chi connectivity index (χ0) is 8.53. The van der Waals surface area contributed by atoms with E-state index < -0.39 is 0 Å². The van der Waals surface area contributed by atoms with E-state index >= 15 is 0 Å². The molecule has 0 bridgehead atoms. The lowest BCUT2D eigenvalue weighted by atomic mass is 10.3. The van der Waals surface area contributed by atoms with Crippen molar-refractivity contribution in [3.05, 3.63) is 0 Å². The van der Waals surface area contributed by atoms with E-state index in [1.807, 2.05) is 6.92 Å². The highest BCUT2D eigenvalue weighted by Crippen LogP contribution is 1.93. The third kappa shape index (κ3) is 7.25. The van der Waals surface area contributed by atoms with Crippen molar-refractivity contribution >= 4 is 0 Å². The summed E-state index contributed by atoms with van der Waals surface area (Å²) in [7, 11) is 0. The van der Waals surface area contributed by atoms with Gasteiger partial charge in [-0.15, -0.1) is 0 Å². The third-order valence-corrected chi connectivity index (χ3v) is 1.27. The summed E-state index contributed by atoms with van der Waals surface area (Å²) in [6.07, 6.45) is 2.26. The van der Waals surface area contributed by atoms with E-state index in [4.69, 9.17) is 10.6 Å². The normalized spacial score (nSPS) is 14.0. The Balaban J connectivity index is 3.10. The topological polar surface area (TPSA) is 60.0 Å². The number of hydrogen-bond acceptors (Lipinski definition) is 3. The Morgan fingerprint density at radius 3 is 2.82 bits per heavy atom. The highest BCUT2D eigenvalue weighted by atomic mass is 16.5. The molecular weight excluding hydrogens is 142 g/mol. The van der Waals surface area contributed by atoms with Crippen LogP contribution < -0.4 is 5.84 Å². The average molecular weight is 159 g/mol. The molecule has 0 aliphatic rings. The predicted molar refractivity (Wildman–Crippen MR) is 44.2 cm³/mol. The van der Waals surface area contributed by atoms with Gasteiger partial charge in [0.1, 0.15) is 0 Å². The smallest absolute Gasteiger partial charge is 0.0934 e. The molecule has 0 saturated carbocycles. The first-order valence-electron chi connectivity index (χ1n) is 3.99. The van der Waals surface area contributed by atoms with Gasteiger partial charge in [0.05, 0.1) is 12.6 Å². The van der Waals surface area contributed by atoms with E-state index in [0.29, 0.717) is 6.61 Å². The van der Waals surface area contributed by atoms with E-state index in [2.05, 4.69) is 17.3 Å². The molecule has 0 aromatic rings. The van der Waals surface area contributed by atoms with E-state index in [0.717, 1.165) is 19.4 Å². The lowest BCUT2D eigenvalue weighted by Gasteiger charge is -2.04. The van der Waals surface area contributed by atoms with Crippen LogP contribution in [-0.2, 0) is 4.74 Å². The summed E-state index contributed by atoms with van der Waals surface area (Å²) >= 11 is 0. The Morgan fingerprint density at radius 2 is 2.27 bits per heavy atom. The van der Waals surface area contributed by atoms with Crippen molar-refractivity contribution < 1.29 is 4.74 Å². The van der Waals surface area contributed by atoms with Crippen LogP contribution in [0.1, 0.15) is 26.7 Å². The summed E-state index contributed by atoms with van der Waals surface area (Å²) in [6, 6.07) is 0.0804. The maximum absolute atomic E-state index is 5.28. The van der Waals surface area contributed by atoms with Crippen LogP contribution in [0.4, 0.5) is 0 Å². The lowest BCUT2D eigenvalue weighted by Crippen LogP contribution is -2.09. The van der Waals surface area contributed by atoms with Gasteiger partial charge in [-0.05, 0) is 13.3 Å². The zero-order valence-corrected chi connectivity index (χ0v) is 7.29. The summed E-state index contributed by atoms with van der Waals surface area (Å²) < 4.78 is 5.28. The third-order valence-electron chi connectivity index (χ3n) is 1.27. The molecule has 0 fully saturated rings. The number of hydrogen-bond donors (Lipinski definition) is 1. The Hall–Kier alpha value is -0.640. The number of nitrogens with zero attached hydrogens (tertiary/aromatic N) is 2. The Labute approximate surface area is 67.8 Å². The van der Waals surface area contributed by atoms with Crippen molar-refractivity contribution in [3.8, 4) is 0 Å². The van der Waals surface area contributed by atoms with E-state index in [1.165, 1.54) is 0 Å². The SMILES string of the molecule is CCCCOCC(C)N=NN. The molecule has 66 valence electrons. The first-order valence-corrected chi connectivity index (χ1v) is 3.99. The molecule has 0 aliphatic carbocycles. The molecule has 0 aromatic heterocycles. The maximum atomic E-state index is 5.28. The molecule has 0 saturated heterocycles.